The van der Waals surface area contributed by atoms with Crippen molar-refractivity contribution in [3.05, 3.63) is 47.8 Å². The number of fused-ring (bicyclic) bond motifs is 3. The molecule has 0 atom stereocenters. The molecule has 2 nitrogen and oxygen atoms in total. The van der Waals surface area contributed by atoms with Crippen molar-refractivity contribution >= 4 is 33.4 Å². The summed E-state index contributed by atoms with van der Waals surface area (Å²) in [5, 5.41) is 2.26. The summed E-state index contributed by atoms with van der Waals surface area (Å²) in [5.41, 5.74) is 4.19. The summed E-state index contributed by atoms with van der Waals surface area (Å²) in [6.07, 6.45) is 2.61. The van der Waals surface area contributed by atoms with Crippen LogP contribution in [-0.2, 0) is 6.42 Å². The Morgan fingerprint density at radius 1 is 1.11 bits per heavy atom. The van der Waals surface area contributed by atoms with Crippen molar-refractivity contribution in [2.75, 3.05) is 5.88 Å². The van der Waals surface area contributed by atoms with Crippen LogP contribution in [-0.4, -0.2) is 15.8 Å². The van der Waals surface area contributed by atoms with Crippen LogP contribution in [0.4, 0.5) is 0 Å². The van der Waals surface area contributed by atoms with E-state index in [4.69, 9.17) is 16.6 Å². The predicted octanol–water partition coefficient (Wildman–Crippen LogP) is 3.87. The van der Waals surface area contributed by atoms with E-state index in [1.807, 2.05) is 12.3 Å². The van der Waals surface area contributed by atoms with Gasteiger partial charge >= 0.3 is 0 Å². The molecule has 2 aromatic heterocycles. The van der Waals surface area contributed by atoms with Crippen molar-refractivity contribution in [3.63, 3.8) is 0 Å². The van der Waals surface area contributed by atoms with E-state index in [0.717, 1.165) is 33.9 Å². The predicted molar refractivity (Wildman–Crippen MR) is 76.2 cm³/mol. The third-order valence-corrected chi connectivity index (χ3v) is 3.37. The number of hydrogen-bond donors (Lipinski definition) is 0. The number of rotatable bonds is 2. The Labute approximate surface area is 111 Å². The highest BCUT2D eigenvalue weighted by Gasteiger charge is 2.07. The molecule has 0 bridgehead atoms. The van der Waals surface area contributed by atoms with Gasteiger partial charge in [-0.3, -0.25) is 9.97 Å². The topological polar surface area (TPSA) is 25.8 Å². The van der Waals surface area contributed by atoms with E-state index in [0.29, 0.717) is 5.88 Å². The molecule has 0 radical (unpaired) electrons. The number of aryl methyl sites for hydroxylation is 2. The number of nitrogens with zero attached hydrogens (tertiary/aromatic N) is 2. The summed E-state index contributed by atoms with van der Waals surface area (Å²) in [6.45, 7) is 2.08. The highest BCUT2D eigenvalue weighted by atomic mass is 35.5. The summed E-state index contributed by atoms with van der Waals surface area (Å²) < 4.78 is 0. The molecule has 0 N–H and O–H groups in total. The molecule has 0 aliphatic heterocycles. The first-order chi connectivity index (χ1) is 8.79. The van der Waals surface area contributed by atoms with Gasteiger partial charge in [-0.15, -0.1) is 11.6 Å². The zero-order valence-corrected chi connectivity index (χ0v) is 10.9. The van der Waals surface area contributed by atoms with E-state index in [-0.39, 0.29) is 0 Å². The Bertz CT molecular complexity index is 722. The Morgan fingerprint density at radius 3 is 2.78 bits per heavy atom. The summed E-state index contributed by atoms with van der Waals surface area (Å²) in [7, 11) is 0. The Hall–Kier alpha value is -1.67. The van der Waals surface area contributed by atoms with E-state index >= 15 is 0 Å². The fourth-order valence-electron chi connectivity index (χ4n) is 2.26. The van der Waals surface area contributed by atoms with Crippen molar-refractivity contribution < 1.29 is 0 Å². The molecule has 3 rings (SSSR count). The highest BCUT2D eigenvalue weighted by molar-refractivity contribution is 6.18. The third kappa shape index (κ3) is 1.83. The molecule has 0 fully saturated rings. The number of aromatic nitrogens is 2. The first-order valence-corrected chi connectivity index (χ1v) is 6.53. The number of halogens is 1. The number of alkyl halides is 1. The van der Waals surface area contributed by atoms with Crippen LogP contribution in [0.2, 0.25) is 0 Å². The molecule has 1 aromatic carbocycles. The lowest BCUT2D eigenvalue weighted by molar-refractivity contribution is 1.04. The fourth-order valence-corrected chi connectivity index (χ4v) is 2.44. The van der Waals surface area contributed by atoms with Crippen molar-refractivity contribution in [1.82, 2.24) is 9.97 Å². The minimum atomic E-state index is 0.595. The first kappa shape index (κ1) is 11.4. The molecule has 2 heterocycles. The molecule has 18 heavy (non-hydrogen) atoms. The van der Waals surface area contributed by atoms with E-state index in [9.17, 15) is 0 Å². The minimum absolute atomic E-state index is 0.595. The average molecular weight is 257 g/mol. The second-order valence-corrected chi connectivity index (χ2v) is 4.78. The van der Waals surface area contributed by atoms with Gasteiger partial charge in [-0.1, -0.05) is 18.2 Å². The fraction of sp³-hybridized carbons (Fsp3) is 0.200. The lowest BCUT2D eigenvalue weighted by Crippen LogP contribution is -1.97. The van der Waals surface area contributed by atoms with Crippen molar-refractivity contribution in [2.24, 2.45) is 0 Å². The molecule has 0 unspecified atom stereocenters. The SMILES string of the molecule is Cc1cc2ccc3cccnc3c2nc1CCCl. The molecule has 0 spiro atoms. The van der Waals surface area contributed by atoms with Crippen LogP contribution in [0, 0.1) is 6.92 Å². The van der Waals surface area contributed by atoms with Gasteiger partial charge in [0.2, 0.25) is 0 Å². The summed E-state index contributed by atoms with van der Waals surface area (Å²) in [6, 6.07) is 10.4. The standard InChI is InChI=1S/C15H13ClN2/c1-10-9-12-5-4-11-3-2-8-17-14(11)15(12)18-13(10)6-7-16/h2-5,8-9H,6-7H2,1H3. The Morgan fingerprint density at radius 2 is 1.94 bits per heavy atom. The van der Waals surface area contributed by atoms with Gasteiger partial charge in [0.25, 0.3) is 0 Å². The summed E-state index contributed by atoms with van der Waals surface area (Å²) in [4.78, 5) is 9.19. The van der Waals surface area contributed by atoms with Gasteiger partial charge in [-0.2, -0.15) is 0 Å². The molecule has 3 aromatic rings. The monoisotopic (exact) mass is 256 g/mol. The highest BCUT2D eigenvalue weighted by Crippen LogP contribution is 2.24. The smallest absolute Gasteiger partial charge is 0.0968 e. The Kier molecular flexibility index (Phi) is 2.88. The lowest BCUT2D eigenvalue weighted by Gasteiger charge is -2.07. The first-order valence-electron chi connectivity index (χ1n) is 5.99. The summed E-state index contributed by atoms with van der Waals surface area (Å²) >= 11 is 5.82. The molecule has 0 aliphatic rings. The zero-order chi connectivity index (χ0) is 12.5. The maximum atomic E-state index is 5.82. The minimum Gasteiger partial charge on any atom is -0.254 e. The van der Waals surface area contributed by atoms with Crippen LogP contribution >= 0.6 is 11.6 Å². The maximum absolute atomic E-state index is 5.82. The van der Waals surface area contributed by atoms with Gasteiger partial charge in [0.05, 0.1) is 11.0 Å². The van der Waals surface area contributed by atoms with E-state index in [1.54, 1.807) is 0 Å². The van der Waals surface area contributed by atoms with Gasteiger partial charge < -0.3 is 0 Å². The molecule has 90 valence electrons. The number of hydrogen-bond acceptors (Lipinski definition) is 2. The largest absolute Gasteiger partial charge is 0.254 e. The molecule has 3 heteroatoms. The van der Waals surface area contributed by atoms with Crippen molar-refractivity contribution in [1.29, 1.82) is 0 Å². The second kappa shape index (κ2) is 4.54. The second-order valence-electron chi connectivity index (χ2n) is 4.40. The lowest BCUT2D eigenvalue weighted by atomic mass is 10.1. The van der Waals surface area contributed by atoms with E-state index in [1.165, 1.54) is 5.56 Å². The molecule has 0 aliphatic carbocycles. The van der Waals surface area contributed by atoms with E-state index < -0.39 is 0 Å². The Balaban J connectivity index is 2.37. The van der Waals surface area contributed by atoms with Crippen LogP contribution in [0.5, 0.6) is 0 Å². The van der Waals surface area contributed by atoms with Gasteiger partial charge in [-0.25, -0.2) is 0 Å². The van der Waals surface area contributed by atoms with Gasteiger partial charge in [0, 0.05) is 35.0 Å². The van der Waals surface area contributed by atoms with Crippen LogP contribution in [0.3, 0.4) is 0 Å². The van der Waals surface area contributed by atoms with Gasteiger partial charge in [-0.05, 0) is 24.6 Å². The third-order valence-electron chi connectivity index (χ3n) is 3.18. The van der Waals surface area contributed by atoms with Gasteiger partial charge in [0.15, 0.2) is 0 Å². The number of pyridine rings is 2. The molecule has 0 saturated heterocycles. The normalized spacial score (nSPS) is 11.2. The van der Waals surface area contributed by atoms with Crippen molar-refractivity contribution in [3.8, 4) is 0 Å². The van der Waals surface area contributed by atoms with Gasteiger partial charge in [0.1, 0.15) is 0 Å². The quantitative estimate of drug-likeness (QED) is 0.514. The van der Waals surface area contributed by atoms with Crippen molar-refractivity contribution in [2.45, 2.75) is 13.3 Å². The average Bonchev–Trinajstić information content (AvgIpc) is 2.40. The molecular formula is C15H13ClN2. The van der Waals surface area contributed by atoms with Crippen LogP contribution in [0.15, 0.2) is 36.5 Å². The van der Waals surface area contributed by atoms with Crippen LogP contribution < -0.4 is 0 Å². The molecular weight excluding hydrogens is 244 g/mol. The molecule has 0 amide bonds. The summed E-state index contributed by atoms with van der Waals surface area (Å²) in [5.74, 6) is 0.595. The number of benzene rings is 1. The van der Waals surface area contributed by atoms with E-state index in [2.05, 4.69) is 36.2 Å². The molecule has 0 saturated carbocycles. The van der Waals surface area contributed by atoms with Crippen LogP contribution in [0.1, 0.15) is 11.3 Å². The zero-order valence-electron chi connectivity index (χ0n) is 10.2. The maximum Gasteiger partial charge on any atom is 0.0968 e. The van der Waals surface area contributed by atoms with Crippen LogP contribution in [0.25, 0.3) is 21.8 Å².